The standard InChI is InChI=1S/C62H39NOS/c1-3-13-41(14-4-1)50-38-37-49(60-56-19-9-10-24-58(56)64-61(50)60)44-27-33-47(34-28-44)63(57-23-12-21-52-48-18-8-7-17-43(48)29-35-53(52)57)46-31-25-40(26-32-46)45-30-36-54-55-22-11-20-51(42-15-5-2-6-16-42)62(55)65-59(54)39-45/h1-39H. The fraction of sp³-hybridized carbons (Fsp3) is 0. The second-order valence-electron chi connectivity index (χ2n) is 16.8. The number of benzene rings is 11. The highest BCUT2D eigenvalue weighted by Gasteiger charge is 2.20. The normalized spacial score (nSPS) is 11.7. The second-order valence-corrected chi connectivity index (χ2v) is 17.8. The van der Waals surface area contributed by atoms with Crippen molar-refractivity contribution in [3.63, 3.8) is 0 Å². The summed E-state index contributed by atoms with van der Waals surface area (Å²) >= 11 is 1.88. The van der Waals surface area contributed by atoms with Crippen LogP contribution in [0.3, 0.4) is 0 Å². The summed E-state index contributed by atoms with van der Waals surface area (Å²) in [5.41, 5.74) is 14.6. The zero-order valence-corrected chi connectivity index (χ0v) is 36.1. The summed E-state index contributed by atoms with van der Waals surface area (Å²) in [4.78, 5) is 2.41. The van der Waals surface area contributed by atoms with Crippen molar-refractivity contribution in [3.05, 3.63) is 237 Å². The molecule has 0 amide bonds. The summed E-state index contributed by atoms with van der Waals surface area (Å²) in [6, 6.07) is 85.8. The van der Waals surface area contributed by atoms with Crippen molar-refractivity contribution in [1.82, 2.24) is 0 Å². The first-order valence-electron chi connectivity index (χ1n) is 22.2. The quantitative estimate of drug-likeness (QED) is 0.149. The molecule has 0 saturated heterocycles. The van der Waals surface area contributed by atoms with Crippen LogP contribution in [0.2, 0.25) is 0 Å². The van der Waals surface area contributed by atoms with E-state index in [1.54, 1.807) is 0 Å². The number of rotatable bonds is 7. The maximum absolute atomic E-state index is 6.64. The summed E-state index contributed by atoms with van der Waals surface area (Å²) in [7, 11) is 0. The van der Waals surface area contributed by atoms with Gasteiger partial charge in [0.25, 0.3) is 0 Å². The third kappa shape index (κ3) is 6.24. The fourth-order valence-electron chi connectivity index (χ4n) is 9.98. The van der Waals surface area contributed by atoms with Crippen LogP contribution in [0, 0.1) is 0 Å². The van der Waals surface area contributed by atoms with Gasteiger partial charge in [-0.15, -0.1) is 11.3 Å². The van der Waals surface area contributed by atoms with Crippen LogP contribution in [0.4, 0.5) is 17.1 Å². The zero-order chi connectivity index (χ0) is 42.8. The first-order chi connectivity index (χ1) is 32.2. The zero-order valence-electron chi connectivity index (χ0n) is 35.3. The lowest BCUT2D eigenvalue weighted by molar-refractivity contribution is 0.670. The van der Waals surface area contributed by atoms with Crippen molar-refractivity contribution < 1.29 is 4.42 Å². The number of nitrogens with zero attached hydrogens (tertiary/aromatic N) is 1. The number of hydrogen-bond donors (Lipinski definition) is 0. The Morgan fingerprint density at radius 3 is 1.71 bits per heavy atom. The number of fused-ring (bicyclic) bond motifs is 9. The van der Waals surface area contributed by atoms with Gasteiger partial charge in [-0.05, 0) is 104 Å². The molecule has 0 aliphatic rings. The van der Waals surface area contributed by atoms with Crippen molar-refractivity contribution in [2.24, 2.45) is 0 Å². The molecule has 0 unspecified atom stereocenters. The lowest BCUT2D eigenvalue weighted by Crippen LogP contribution is -2.10. The average Bonchev–Trinajstić information content (AvgIpc) is 3.96. The molecule has 3 heteroatoms. The number of hydrogen-bond acceptors (Lipinski definition) is 3. The molecular formula is C62H39NOS. The van der Waals surface area contributed by atoms with Crippen LogP contribution in [0.1, 0.15) is 0 Å². The van der Waals surface area contributed by atoms with Crippen molar-refractivity contribution >= 4 is 92.1 Å². The summed E-state index contributed by atoms with van der Waals surface area (Å²) < 4.78 is 9.27. The highest BCUT2D eigenvalue weighted by Crippen LogP contribution is 2.46. The van der Waals surface area contributed by atoms with E-state index in [0.29, 0.717) is 0 Å². The number of thiophene rings is 1. The molecule has 0 N–H and O–H groups in total. The summed E-state index contributed by atoms with van der Waals surface area (Å²) in [5, 5.41) is 9.78. The molecular weight excluding hydrogens is 807 g/mol. The largest absolute Gasteiger partial charge is 0.455 e. The topological polar surface area (TPSA) is 16.4 Å². The van der Waals surface area contributed by atoms with Crippen LogP contribution in [-0.4, -0.2) is 0 Å². The van der Waals surface area contributed by atoms with E-state index < -0.39 is 0 Å². The van der Waals surface area contributed by atoms with Crippen molar-refractivity contribution in [3.8, 4) is 44.5 Å². The maximum Gasteiger partial charge on any atom is 0.143 e. The molecule has 304 valence electrons. The van der Waals surface area contributed by atoms with Crippen LogP contribution in [0.5, 0.6) is 0 Å². The molecule has 2 heterocycles. The van der Waals surface area contributed by atoms with Gasteiger partial charge in [0.15, 0.2) is 0 Å². The van der Waals surface area contributed by atoms with Gasteiger partial charge in [-0.25, -0.2) is 0 Å². The molecule has 11 aromatic carbocycles. The SMILES string of the molecule is c1ccc(-c2ccc(-c3ccc(N(c4ccc(-c5ccc6c(c5)sc5c(-c7ccccc7)cccc56)cc4)c4cccc5c4ccc4ccccc45)cc3)c3c2oc2ccccc23)cc1. The number of para-hydroxylation sites is 1. The van der Waals surface area contributed by atoms with E-state index in [9.17, 15) is 0 Å². The molecule has 0 fully saturated rings. The number of anilines is 3. The van der Waals surface area contributed by atoms with Crippen LogP contribution in [0.15, 0.2) is 241 Å². The summed E-state index contributed by atoms with van der Waals surface area (Å²) in [6.45, 7) is 0. The molecule has 13 rings (SSSR count). The van der Waals surface area contributed by atoms with Gasteiger partial charge in [0.1, 0.15) is 11.2 Å². The molecule has 0 radical (unpaired) electrons. The minimum Gasteiger partial charge on any atom is -0.455 e. The average molecular weight is 846 g/mol. The molecule has 0 saturated carbocycles. The van der Waals surface area contributed by atoms with Crippen LogP contribution >= 0.6 is 11.3 Å². The van der Waals surface area contributed by atoms with Gasteiger partial charge in [0.2, 0.25) is 0 Å². The molecule has 0 aliphatic heterocycles. The smallest absolute Gasteiger partial charge is 0.143 e. The van der Waals surface area contributed by atoms with Gasteiger partial charge in [0.05, 0.1) is 5.69 Å². The fourth-order valence-corrected chi connectivity index (χ4v) is 11.3. The Kier molecular flexibility index (Phi) is 8.75. The highest BCUT2D eigenvalue weighted by atomic mass is 32.1. The Hall–Kier alpha value is -8.24. The number of furan rings is 1. The first-order valence-corrected chi connectivity index (χ1v) is 23.0. The molecule has 0 spiro atoms. The monoisotopic (exact) mass is 845 g/mol. The van der Waals surface area contributed by atoms with Crippen LogP contribution < -0.4 is 4.90 Å². The Morgan fingerprint density at radius 2 is 0.923 bits per heavy atom. The molecule has 2 aromatic heterocycles. The highest BCUT2D eigenvalue weighted by molar-refractivity contribution is 7.26. The van der Waals surface area contributed by atoms with Crippen LogP contribution in [-0.2, 0) is 0 Å². The van der Waals surface area contributed by atoms with Gasteiger partial charge in [-0.2, -0.15) is 0 Å². The van der Waals surface area contributed by atoms with Gasteiger partial charge in [-0.1, -0.05) is 188 Å². The lowest BCUT2D eigenvalue weighted by Gasteiger charge is -2.27. The molecule has 13 aromatic rings. The maximum atomic E-state index is 6.64. The van der Waals surface area contributed by atoms with E-state index in [1.807, 2.05) is 17.4 Å². The van der Waals surface area contributed by atoms with Crippen molar-refractivity contribution in [1.29, 1.82) is 0 Å². The van der Waals surface area contributed by atoms with E-state index in [2.05, 4.69) is 235 Å². The van der Waals surface area contributed by atoms with E-state index in [1.165, 1.54) is 64.0 Å². The predicted molar refractivity (Wildman–Crippen MR) is 278 cm³/mol. The predicted octanol–water partition coefficient (Wildman–Crippen LogP) is 18.4. The van der Waals surface area contributed by atoms with Gasteiger partial charge in [-0.3, -0.25) is 0 Å². The third-order valence-corrected chi connectivity index (χ3v) is 14.3. The first kappa shape index (κ1) is 37.3. The lowest BCUT2D eigenvalue weighted by atomic mass is 9.94. The van der Waals surface area contributed by atoms with Gasteiger partial charge >= 0.3 is 0 Å². The van der Waals surface area contributed by atoms with E-state index in [4.69, 9.17) is 4.42 Å². The van der Waals surface area contributed by atoms with Crippen molar-refractivity contribution in [2.75, 3.05) is 4.90 Å². The third-order valence-electron chi connectivity index (χ3n) is 13.1. The van der Waals surface area contributed by atoms with E-state index in [-0.39, 0.29) is 0 Å². The second kappa shape index (κ2) is 15.2. The Balaban J connectivity index is 0.926. The van der Waals surface area contributed by atoms with Crippen molar-refractivity contribution in [2.45, 2.75) is 0 Å². The Morgan fingerprint density at radius 1 is 0.338 bits per heavy atom. The Labute approximate surface area is 380 Å². The molecule has 65 heavy (non-hydrogen) atoms. The minimum atomic E-state index is 0.891. The summed E-state index contributed by atoms with van der Waals surface area (Å²) in [5.74, 6) is 0. The molecule has 2 nitrogen and oxygen atoms in total. The Bertz CT molecular complexity index is 3920. The molecule has 0 aliphatic carbocycles. The van der Waals surface area contributed by atoms with Gasteiger partial charge in [0, 0.05) is 53.3 Å². The van der Waals surface area contributed by atoms with Gasteiger partial charge < -0.3 is 9.32 Å². The molecule has 0 bridgehead atoms. The minimum absolute atomic E-state index is 0.891. The van der Waals surface area contributed by atoms with E-state index >= 15 is 0 Å². The van der Waals surface area contributed by atoms with E-state index in [0.717, 1.165) is 61.3 Å². The van der Waals surface area contributed by atoms with Crippen LogP contribution in [0.25, 0.3) is 108 Å². The molecule has 0 atom stereocenters. The summed E-state index contributed by atoms with van der Waals surface area (Å²) in [6.07, 6.45) is 0.